The van der Waals surface area contributed by atoms with Gasteiger partial charge in [0.05, 0.1) is 19.6 Å². The Kier molecular flexibility index (Phi) is 7.15. The van der Waals surface area contributed by atoms with E-state index >= 15 is 0 Å². The molecule has 0 aliphatic rings. The van der Waals surface area contributed by atoms with Gasteiger partial charge in [-0.2, -0.15) is 0 Å². The summed E-state index contributed by atoms with van der Waals surface area (Å²) < 4.78 is 5.34. The molecule has 0 spiro atoms. The maximum absolute atomic E-state index is 10.4. The van der Waals surface area contributed by atoms with Crippen molar-refractivity contribution in [3.8, 4) is 0 Å². The van der Waals surface area contributed by atoms with Gasteiger partial charge in [0.2, 0.25) is 0 Å². The molecule has 1 N–H and O–H groups in total. The predicted octanol–water partition coefficient (Wildman–Crippen LogP) is 2.39. The fourth-order valence-electron chi connectivity index (χ4n) is 1.78. The van der Waals surface area contributed by atoms with Gasteiger partial charge >= 0.3 is 5.97 Å². The molecule has 4 nitrogen and oxygen atoms in total. The molecule has 1 aromatic carbocycles. The fraction of sp³-hybridized carbons (Fsp3) is 0.533. The lowest BCUT2D eigenvalue weighted by Gasteiger charge is -2.26. The Bertz CT molecular complexity index is 365. The van der Waals surface area contributed by atoms with Crippen molar-refractivity contribution in [2.24, 2.45) is 0 Å². The molecule has 1 aromatic rings. The number of benzene rings is 1. The quantitative estimate of drug-likeness (QED) is 0.696. The van der Waals surface area contributed by atoms with E-state index in [1.165, 1.54) is 5.56 Å². The number of carboxylic acids is 1. The van der Waals surface area contributed by atoms with Gasteiger partial charge in [0.1, 0.15) is 0 Å². The third-order valence-electron chi connectivity index (χ3n) is 2.94. The highest BCUT2D eigenvalue weighted by molar-refractivity contribution is 5.66. The number of aliphatic carboxylic acids is 1. The third kappa shape index (κ3) is 6.94. The second kappa shape index (κ2) is 8.67. The van der Waals surface area contributed by atoms with Gasteiger partial charge in [0.15, 0.2) is 0 Å². The zero-order valence-corrected chi connectivity index (χ0v) is 11.7. The van der Waals surface area contributed by atoms with E-state index in [0.717, 1.165) is 13.1 Å². The Labute approximate surface area is 115 Å². The lowest BCUT2D eigenvalue weighted by molar-refractivity contribution is -0.138. The number of ether oxygens (including phenoxy) is 1. The van der Waals surface area contributed by atoms with Crippen molar-refractivity contribution in [2.45, 2.75) is 32.9 Å². The summed E-state index contributed by atoms with van der Waals surface area (Å²) in [6, 6.07) is 10.7. The number of nitrogens with zero attached hydrogens (tertiary/aromatic N) is 1. The van der Waals surface area contributed by atoms with Gasteiger partial charge in [0, 0.05) is 19.1 Å². The molecule has 0 unspecified atom stereocenters. The number of carbonyl (C=O) groups is 1. The SMILES string of the molecule is CC(C)N(CCOCCC(=O)O)Cc1ccccc1. The van der Waals surface area contributed by atoms with Crippen LogP contribution in [0, 0.1) is 0 Å². The smallest absolute Gasteiger partial charge is 0.305 e. The molecule has 0 saturated carbocycles. The lowest BCUT2D eigenvalue weighted by Crippen LogP contribution is -2.33. The Morgan fingerprint density at radius 1 is 1.26 bits per heavy atom. The highest BCUT2D eigenvalue weighted by Gasteiger charge is 2.09. The van der Waals surface area contributed by atoms with E-state index in [1.54, 1.807) is 0 Å². The van der Waals surface area contributed by atoms with E-state index in [-0.39, 0.29) is 13.0 Å². The average molecular weight is 265 g/mol. The van der Waals surface area contributed by atoms with Crippen molar-refractivity contribution in [2.75, 3.05) is 19.8 Å². The molecule has 0 fully saturated rings. The highest BCUT2D eigenvalue weighted by atomic mass is 16.5. The standard InChI is InChI=1S/C15H23NO3/c1-13(2)16(9-11-19-10-8-15(17)18)12-14-6-4-3-5-7-14/h3-7,13H,8-12H2,1-2H3,(H,17,18). The summed E-state index contributed by atoms with van der Waals surface area (Å²) in [6.07, 6.45) is 0.0698. The first-order chi connectivity index (χ1) is 9.09. The molecule has 1 rings (SSSR count). The van der Waals surface area contributed by atoms with Gasteiger partial charge < -0.3 is 9.84 Å². The molecule has 0 saturated heterocycles. The van der Waals surface area contributed by atoms with E-state index < -0.39 is 5.97 Å². The molecule has 0 amide bonds. The number of rotatable bonds is 9. The summed E-state index contributed by atoms with van der Waals surface area (Å²) in [5, 5.41) is 8.51. The number of hydrogen-bond donors (Lipinski definition) is 1. The monoisotopic (exact) mass is 265 g/mol. The maximum Gasteiger partial charge on any atom is 0.305 e. The van der Waals surface area contributed by atoms with Gasteiger partial charge in [-0.15, -0.1) is 0 Å². The van der Waals surface area contributed by atoms with E-state index in [2.05, 4.69) is 30.9 Å². The topological polar surface area (TPSA) is 49.8 Å². The molecule has 0 aromatic heterocycles. The van der Waals surface area contributed by atoms with Crippen LogP contribution < -0.4 is 0 Å². The molecule has 0 bridgehead atoms. The normalized spacial score (nSPS) is 11.2. The fourth-order valence-corrected chi connectivity index (χ4v) is 1.78. The lowest BCUT2D eigenvalue weighted by atomic mass is 10.2. The van der Waals surface area contributed by atoms with Crippen LogP contribution in [0.15, 0.2) is 30.3 Å². The Morgan fingerprint density at radius 2 is 1.95 bits per heavy atom. The molecular weight excluding hydrogens is 242 g/mol. The van der Waals surface area contributed by atoms with Crippen molar-refractivity contribution in [1.82, 2.24) is 4.90 Å². The van der Waals surface area contributed by atoms with Crippen LogP contribution in [0.25, 0.3) is 0 Å². The van der Waals surface area contributed by atoms with Crippen LogP contribution in [0.3, 0.4) is 0 Å². The van der Waals surface area contributed by atoms with Crippen LogP contribution in [-0.2, 0) is 16.1 Å². The van der Waals surface area contributed by atoms with Crippen molar-refractivity contribution < 1.29 is 14.6 Å². The van der Waals surface area contributed by atoms with E-state index in [9.17, 15) is 4.79 Å². The zero-order valence-electron chi connectivity index (χ0n) is 11.7. The predicted molar refractivity (Wildman–Crippen MR) is 75.1 cm³/mol. The summed E-state index contributed by atoms with van der Waals surface area (Å²) in [5.41, 5.74) is 1.28. The van der Waals surface area contributed by atoms with Gasteiger partial charge in [-0.1, -0.05) is 30.3 Å². The third-order valence-corrected chi connectivity index (χ3v) is 2.94. The van der Waals surface area contributed by atoms with Crippen LogP contribution in [0.4, 0.5) is 0 Å². The zero-order chi connectivity index (χ0) is 14.1. The molecule has 0 aliphatic carbocycles. The van der Waals surface area contributed by atoms with Crippen molar-refractivity contribution in [3.05, 3.63) is 35.9 Å². The summed E-state index contributed by atoms with van der Waals surface area (Å²) in [7, 11) is 0. The highest BCUT2D eigenvalue weighted by Crippen LogP contribution is 2.07. The molecule has 0 heterocycles. The van der Waals surface area contributed by atoms with E-state index in [1.807, 2.05) is 18.2 Å². The summed E-state index contributed by atoms with van der Waals surface area (Å²) in [4.78, 5) is 12.7. The molecule has 4 heteroatoms. The molecular formula is C15H23NO3. The minimum absolute atomic E-state index is 0.0698. The number of carboxylic acid groups (broad SMARTS) is 1. The van der Waals surface area contributed by atoms with Crippen LogP contribution in [0.2, 0.25) is 0 Å². The minimum Gasteiger partial charge on any atom is -0.481 e. The Hall–Kier alpha value is -1.39. The van der Waals surface area contributed by atoms with Crippen LogP contribution >= 0.6 is 0 Å². The largest absolute Gasteiger partial charge is 0.481 e. The molecule has 0 aliphatic heterocycles. The average Bonchev–Trinajstić information content (AvgIpc) is 2.37. The van der Waals surface area contributed by atoms with Crippen LogP contribution in [0.1, 0.15) is 25.8 Å². The van der Waals surface area contributed by atoms with E-state index in [0.29, 0.717) is 12.6 Å². The van der Waals surface area contributed by atoms with Gasteiger partial charge in [-0.3, -0.25) is 9.69 Å². The maximum atomic E-state index is 10.4. The summed E-state index contributed by atoms with van der Waals surface area (Å²) in [6.45, 7) is 6.86. The van der Waals surface area contributed by atoms with Crippen molar-refractivity contribution >= 4 is 5.97 Å². The van der Waals surface area contributed by atoms with Crippen molar-refractivity contribution in [1.29, 1.82) is 0 Å². The molecule has 0 atom stereocenters. The molecule has 0 radical (unpaired) electrons. The first-order valence-electron chi connectivity index (χ1n) is 6.67. The second-order valence-electron chi connectivity index (χ2n) is 4.81. The minimum atomic E-state index is -0.815. The van der Waals surface area contributed by atoms with Crippen molar-refractivity contribution in [3.63, 3.8) is 0 Å². The van der Waals surface area contributed by atoms with Crippen LogP contribution in [-0.4, -0.2) is 41.8 Å². The molecule has 19 heavy (non-hydrogen) atoms. The van der Waals surface area contributed by atoms with Crippen LogP contribution in [0.5, 0.6) is 0 Å². The molecule has 106 valence electrons. The first kappa shape index (κ1) is 15.7. The summed E-state index contributed by atoms with van der Waals surface area (Å²) >= 11 is 0. The van der Waals surface area contributed by atoms with E-state index in [4.69, 9.17) is 9.84 Å². The number of hydrogen-bond acceptors (Lipinski definition) is 3. The Morgan fingerprint density at radius 3 is 2.53 bits per heavy atom. The van der Waals surface area contributed by atoms with Gasteiger partial charge in [-0.05, 0) is 19.4 Å². The second-order valence-corrected chi connectivity index (χ2v) is 4.81. The summed E-state index contributed by atoms with van der Waals surface area (Å²) in [5.74, 6) is -0.815. The van der Waals surface area contributed by atoms with Gasteiger partial charge in [-0.25, -0.2) is 0 Å². The van der Waals surface area contributed by atoms with Gasteiger partial charge in [0.25, 0.3) is 0 Å². The Balaban J connectivity index is 2.31. The first-order valence-corrected chi connectivity index (χ1v) is 6.67.